The highest BCUT2D eigenvalue weighted by Gasteiger charge is 2.18. The molecule has 6 heteroatoms. The largest absolute Gasteiger partial charge is 0.386 e. The van der Waals surface area contributed by atoms with Crippen molar-refractivity contribution in [3.05, 3.63) is 33.8 Å². The topological polar surface area (TPSA) is 55.9 Å². The van der Waals surface area contributed by atoms with E-state index < -0.39 is 6.10 Å². The molecule has 2 heterocycles. The molecule has 0 aromatic carbocycles. The van der Waals surface area contributed by atoms with Crippen LogP contribution in [0.5, 0.6) is 0 Å². The lowest BCUT2D eigenvalue weighted by atomic mass is 10.1. The molecule has 2 aromatic heterocycles. The van der Waals surface area contributed by atoms with Gasteiger partial charge in [0, 0.05) is 26.7 Å². The molecule has 0 radical (unpaired) electrons. The Kier molecular flexibility index (Phi) is 3.35. The van der Waals surface area contributed by atoms with Crippen molar-refractivity contribution in [2.24, 2.45) is 14.1 Å². The van der Waals surface area contributed by atoms with E-state index in [0.717, 1.165) is 21.6 Å². The van der Waals surface area contributed by atoms with E-state index in [-0.39, 0.29) is 0 Å². The van der Waals surface area contributed by atoms with E-state index in [1.54, 1.807) is 15.6 Å². The monoisotopic (exact) mass is 298 g/mol. The molecule has 0 aliphatic rings. The second-order valence-electron chi connectivity index (χ2n) is 4.07. The lowest BCUT2D eigenvalue weighted by Gasteiger charge is -2.11. The third kappa shape index (κ3) is 2.28. The third-order valence-electron chi connectivity index (χ3n) is 2.85. The van der Waals surface area contributed by atoms with Crippen molar-refractivity contribution in [3.8, 4) is 0 Å². The zero-order valence-corrected chi connectivity index (χ0v) is 11.6. The fraction of sp³-hybridized carbons (Fsp3) is 0.455. The molecule has 0 bridgehead atoms. The van der Waals surface area contributed by atoms with Crippen LogP contribution in [0.15, 0.2) is 16.7 Å². The van der Waals surface area contributed by atoms with Crippen LogP contribution in [-0.2, 0) is 20.5 Å². The first-order chi connectivity index (χ1) is 8.00. The molecule has 0 spiro atoms. The van der Waals surface area contributed by atoms with Crippen LogP contribution >= 0.6 is 15.9 Å². The van der Waals surface area contributed by atoms with Crippen molar-refractivity contribution < 1.29 is 5.11 Å². The van der Waals surface area contributed by atoms with E-state index in [2.05, 4.69) is 26.1 Å². The molecule has 0 fully saturated rings. The number of hydrogen-bond donors (Lipinski definition) is 1. The zero-order chi connectivity index (χ0) is 12.6. The zero-order valence-electron chi connectivity index (χ0n) is 10.1. The molecule has 0 aliphatic carbocycles. The van der Waals surface area contributed by atoms with Gasteiger partial charge in [-0.05, 0) is 28.9 Å². The molecular formula is C11H15BrN4O. The molecule has 2 aromatic rings. The van der Waals surface area contributed by atoms with Crippen molar-refractivity contribution >= 4 is 15.9 Å². The summed E-state index contributed by atoms with van der Waals surface area (Å²) in [6.45, 7) is 1.93. The first-order valence-electron chi connectivity index (χ1n) is 5.34. The molecule has 1 N–H and O–H groups in total. The highest BCUT2D eigenvalue weighted by molar-refractivity contribution is 9.10. The van der Waals surface area contributed by atoms with Crippen LogP contribution in [0, 0.1) is 6.92 Å². The van der Waals surface area contributed by atoms with Gasteiger partial charge in [0.05, 0.1) is 21.6 Å². The minimum absolute atomic E-state index is 0.511. The van der Waals surface area contributed by atoms with E-state index >= 15 is 0 Å². The maximum Gasteiger partial charge on any atom is 0.101 e. The highest BCUT2D eigenvalue weighted by Crippen LogP contribution is 2.25. The lowest BCUT2D eigenvalue weighted by Crippen LogP contribution is -2.10. The summed E-state index contributed by atoms with van der Waals surface area (Å²) >= 11 is 3.49. The van der Waals surface area contributed by atoms with E-state index in [4.69, 9.17) is 0 Å². The Bertz CT molecular complexity index is 532. The van der Waals surface area contributed by atoms with Crippen LogP contribution in [0.4, 0.5) is 0 Å². The summed E-state index contributed by atoms with van der Waals surface area (Å²) in [5, 5.41) is 18.5. The molecule has 1 unspecified atom stereocenters. The van der Waals surface area contributed by atoms with Crippen molar-refractivity contribution in [2.45, 2.75) is 19.4 Å². The summed E-state index contributed by atoms with van der Waals surface area (Å²) in [5.74, 6) is 0. The fourth-order valence-corrected chi connectivity index (χ4v) is 2.40. The smallest absolute Gasteiger partial charge is 0.101 e. The first-order valence-corrected chi connectivity index (χ1v) is 6.14. The van der Waals surface area contributed by atoms with Gasteiger partial charge < -0.3 is 5.11 Å². The van der Waals surface area contributed by atoms with Gasteiger partial charge in [0.25, 0.3) is 0 Å². The third-order valence-corrected chi connectivity index (χ3v) is 3.88. The Morgan fingerprint density at radius 1 is 1.41 bits per heavy atom. The average Bonchev–Trinajstić information content (AvgIpc) is 2.78. The summed E-state index contributed by atoms with van der Waals surface area (Å²) < 4.78 is 4.43. The molecule has 17 heavy (non-hydrogen) atoms. The van der Waals surface area contributed by atoms with Crippen LogP contribution < -0.4 is 0 Å². The highest BCUT2D eigenvalue weighted by atomic mass is 79.9. The Morgan fingerprint density at radius 3 is 2.59 bits per heavy atom. The number of aryl methyl sites for hydroxylation is 3. The van der Waals surface area contributed by atoms with E-state index in [1.165, 1.54) is 0 Å². The molecule has 2 rings (SSSR count). The van der Waals surface area contributed by atoms with E-state index in [9.17, 15) is 5.11 Å². The maximum absolute atomic E-state index is 10.2. The predicted molar refractivity (Wildman–Crippen MR) is 67.5 cm³/mol. The van der Waals surface area contributed by atoms with E-state index in [1.807, 2.05) is 27.1 Å². The minimum atomic E-state index is -0.575. The van der Waals surface area contributed by atoms with Crippen molar-refractivity contribution in [1.82, 2.24) is 19.6 Å². The molecule has 1 atom stereocenters. The van der Waals surface area contributed by atoms with Gasteiger partial charge in [0.1, 0.15) is 6.10 Å². The number of halogens is 1. The van der Waals surface area contributed by atoms with Crippen LogP contribution in [0.3, 0.4) is 0 Å². The number of aromatic nitrogens is 4. The van der Waals surface area contributed by atoms with Gasteiger partial charge in [-0.1, -0.05) is 0 Å². The molecule has 0 aliphatic heterocycles. The van der Waals surface area contributed by atoms with Crippen LogP contribution in [0.2, 0.25) is 0 Å². The SMILES string of the molecule is Cc1nn(C)c(CC(O)c2ccnn2C)c1Br. The summed E-state index contributed by atoms with van der Waals surface area (Å²) in [7, 11) is 3.70. The number of hydrogen-bond acceptors (Lipinski definition) is 3. The van der Waals surface area contributed by atoms with Gasteiger partial charge >= 0.3 is 0 Å². The van der Waals surface area contributed by atoms with Gasteiger partial charge in [-0.3, -0.25) is 9.36 Å². The lowest BCUT2D eigenvalue weighted by molar-refractivity contribution is 0.166. The summed E-state index contributed by atoms with van der Waals surface area (Å²) in [5.41, 5.74) is 2.71. The van der Waals surface area contributed by atoms with Crippen LogP contribution in [0.1, 0.15) is 23.2 Å². The predicted octanol–water partition coefficient (Wildman–Crippen LogP) is 1.50. The molecule has 0 amide bonds. The van der Waals surface area contributed by atoms with Crippen molar-refractivity contribution in [2.75, 3.05) is 0 Å². The van der Waals surface area contributed by atoms with Gasteiger partial charge in [-0.25, -0.2) is 0 Å². The summed E-state index contributed by atoms with van der Waals surface area (Å²) in [4.78, 5) is 0. The second-order valence-corrected chi connectivity index (χ2v) is 4.86. The molecule has 0 saturated heterocycles. The maximum atomic E-state index is 10.2. The van der Waals surface area contributed by atoms with Gasteiger partial charge in [0.2, 0.25) is 0 Å². The Hall–Kier alpha value is -1.14. The van der Waals surface area contributed by atoms with Gasteiger partial charge in [-0.2, -0.15) is 10.2 Å². The number of aliphatic hydroxyl groups is 1. The first kappa shape index (κ1) is 12.3. The summed E-state index contributed by atoms with van der Waals surface area (Å²) in [6, 6.07) is 1.82. The van der Waals surface area contributed by atoms with Crippen LogP contribution in [0.25, 0.3) is 0 Å². The van der Waals surface area contributed by atoms with Gasteiger partial charge in [-0.15, -0.1) is 0 Å². The van der Waals surface area contributed by atoms with Crippen molar-refractivity contribution in [1.29, 1.82) is 0 Å². The molecular weight excluding hydrogens is 284 g/mol. The van der Waals surface area contributed by atoms with Crippen LogP contribution in [-0.4, -0.2) is 24.7 Å². The molecule has 0 saturated carbocycles. The Morgan fingerprint density at radius 2 is 2.12 bits per heavy atom. The van der Waals surface area contributed by atoms with Crippen molar-refractivity contribution in [3.63, 3.8) is 0 Å². The Labute approximate surface area is 108 Å². The van der Waals surface area contributed by atoms with E-state index in [0.29, 0.717) is 6.42 Å². The fourth-order valence-electron chi connectivity index (χ4n) is 1.90. The molecule has 5 nitrogen and oxygen atoms in total. The average molecular weight is 299 g/mol. The van der Waals surface area contributed by atoms with Gasteiger partial charge in [0.15, 0.2) is 0 Å². The Balaban J connectivity index is 2.24. The molecule has 92 valence electrons. The quantitative estimate of drug-likeness (QED) is 0.934. The summed E-state index contributed by atoms with van der Waals surface area (Å²) in [6.07, 6.45) is 1.62. The second kappa shape index (κ2) is 4.62. The standard InChI is InChI=1S/C11H15BrN4O/c1-7-11(12)9(16(3)14-7)6-10(17)8-4-5-13-15(8)2/h4-5,10,17H,6H2,1-3H3. The normalized spacial score (nSPS) is 13.0. The number of nitrogens with zero attached hydrogens (tertiary/aromatic N) is 4. The number of rotatable bonds is 3. The minimum Gasteiger partial charge on any atom is -0.386 e. The number of aliphatic hydroxyl groups excluding tert-OH is 1.